The molecule has 1 N–H and O–H groups in total. The molecule has 2 atom stereocenters. The van der Waals surface area contributed by atoms with Crippen molar-refractivity contribution in [3.63, 3.8) is 0 Å². The van der Waals surface area contributed by atoms with E-state index >= 15 is 0 Å². The van der Waals surface area contributed by atoms with E-state index < -0.39 is 56.9 Å². The van der Waals surface area contributed by atoms with Gasteiger partial charge in [0.2, 0.25) is 0 Å². The maximum Gasteiger partial charge on any atom is 0.302 e. The zero-order valence-corrected chi connectivity index (χ0v) is 12.2. The van der Waals surface area contributed by atoms with Gasteiger partial charge in [0.1, 0.15) is 21.9 Å². The van der Waals surface area contributed by atoms with Crippen LogP contribution >= 0.6 is 0 Å². The second-order valence-electron chi connectivity index (χ2n) is 4.90. The van der Waals surface area contributed by atoms with Crippen molar-refractivity contribution in [1.29, 1.82) is 0 Å². The molecule has 1 amide bonds. The van der Waals surface area contributed by atoms with Crippen molar-refractivity contribution < 1.29 is 18.5 Å². The lowest BCUT2D eigenvalue weighted by atomic mass is 9.92. The van der Waals surface area contributed by atoms with Gasteiger partial charge in [0.05, 0.1) is 14.2 Å². The number of piperidine rings is 1. The number of H-pyrrole nitrogens is 1. The van der Waals surface area contributed by atoms with Crippen LogP contribution in [-0.2, 0) is 4.79 Å². The van der Waals surface area contributed by atoms with Crippen LogP contribution in [0.3, 0.4) is 0 Å². The Labute approximate surface area is 149 Å². The van der Waals surface area contributed by atoms with E-state index in [1.807, 2.05) is 0 Å². The highest BCUT2D eigenvalue weighted by Gasteiger charge is 2.33. The molecule has 0 aromatic carbocycles. The summed E-state index contributed by atoms with van der Waals surface area (Å²) >= 11 is 0. The number of fused-ring (bicyclic) bond motifs is 1. The SMILES string of the molecule is [2H]c1nc(N(C)[C@@H]2[C@H](C([2H])([2H])[2H])CC([2H])([2H])N(C(=O)C([2H])([2H])[N+]#[C-])C2([2H])[2H])c2cc[nH]c2n1. The summed E-state index contributed by atoms with van der Waals surface area (Å²) in [6.07, 6.45) is 0.194. The fourth-order valence-corrected chi connectivity index (χ4v) is 2.37. The predicted octanol–water partition coefficient (Wildman–Crippen LogP) is 1.55. The Balaban J connectivity index is 2.24. The van der Waals surface area contributed by atoms with Gasteiger partial charge in [-0.15, -0.1) is 0 Å². The third-order valence-electron chi connectivity index (χ3n) is 3.50. The monoisotopic (exact) mass is 322 g/mol. The highest BCUT2D eigenvalue weighted by Crippen LogP contribution is 2.28. The molecular formula is C16H20N6O. The van der Waals surface area contributed by atoms with Gasteiger partial charge in [-0.3, -0.25) is 4.79 Å². The number of carbonyl (C=O) groups excluding carboxylic acids is 1. The third-order valence-corrected chi connectivity index (χ3v) is 3.50. The fraction of sp³-hybridized carbons (Fsp3) is 0.500. The summed E-state index contributed by atoms with van der Waals surface area (Å²) in [5.74, 6) is -3.45. The lowest BCUT2D eigenvalue weighted by Gasteiger charge is -2.41. The van der Waals surface area contributed by atoms with Gasteiger partial charge < -0.3 is 19.6 Å². The molecule has 0 aliphatic carbocycles. The van der Waals surface area contributed by atoms with Gasteiger partial charge in [-0.25, -0.2) is 16.5 Å². The van der Waals surface area contributed by atoms with Crippen LogP contribution in [0.25, 0.3) is 15.9 Å². The van der Waals surface area contributed by atoms with Crippen LogP contribution in [0.1, 0.15) is 27.0 Å². The molecule has 2 aromatic rings. The number of amides is 1. The molecule has 1 aliphatic heterocycles. The smallest absolute Gasteiger partial charge is 0.302 e. The molecule has 0 bridgehead atoms. The van der Waals surface area contributed by atoms with Crippen LogP contribution in [0.15, 0.2) is 18.6 Å². The number of likely N-dealkylation sites (N-methyl/N-ethyl adjacent to an activating group) is 1. The summed E-state index contributed by atoms with van der Waals surface area (Å²) in [5, 5.41) is 0.330. The Morgan fingerprint density at radius 1 is 1.78 bits per heavy atom. The van der Waals surface area contributed by atoms with E-state index in [9.17, 15) is 4.79 Å². The van der Waals surface area contributed by atoms with Crippen molar-refractivity contribution in [2.24, 2.45) is 5.92 Å². The van der Waals surface area contributed by atoms with E-state index in [4.69, 9.17) is 20.3 Å². The van der Waals surface area contributed by atoms with Crippen LogP contribution in [0, 0.1) is 12.5 Å². The minimum Gasteiger partial charge on any atom is -0.354 e. The van der Waals surface area contributed by atoms with Crippen LogP contribution in [0.2, 0.25) is 0 Å². The second-order valence-corrected chi connectivity index (χ2v) is 4.90. The molecule has 0 unspecified atom stereocenters. The first-order valence-corrected chi connectivity index (χ1v) is 6.73. The predicted molar refractivity (Wildman–Crippen MR) is 87.9 cm³/mol. The number of carbonyl (C=O) groups is 1. The average molecular weight is 322 g/mol. The van der Waals surface area contributed by atoms with Gasteiger partial charge in [0.15, 0.2) is 0 Å². The van der Waals surface area contributed by atoms with Gasteiger partial charge in [-0.05, 0) is 18.4 Å². The number of likely N-dealkylation sites (tertiary alicyclic amines) is 1. The molecular weight excluding hydrogens is 292 g/mol. The highest BCUT2D eigenvalue weighted by atomic mass is 16.2. The fourth-order valence-electron chi connectivity index (χ4n) is 2.37. The molecule has 2 aromatic heterocycles. The second kappa shape index (κ2) is 6.24. The van der Waals surface area contributed by atoms with Gasteiger partial charge in [0, 0.05) is 33.1 Å². The first-order chi connectivity index (χ1) is 14.9. The zero-order chi connectivity index (χ0) is 25.1. The van der Waals surface area contributed by atoms with Crippen molar-refractivity contribution in [2.45, 2.75) is 19.3 Å². The Kier molecular flexibility index (Phi) is 1.98. The first-order valence-electron chi connectivity index (χ1n) is 11.7. The molecule has 23 heavy (non-hydrogen) atoms. The lowest BCUT2D eigenvalue weighted by Crippen LogP contribution is -2.53. The molecule has 0 spiro atoms. The number of rotatable bonds is 3. The molecule has 7 nitrogen and oxygen atoms in total. The topological polar surface area (TPSA) is 69.5 Å². The number of aromatic amines is 1. The summed E-state index contributed by atoms with van der Waals surface area (Å²) in [4.78, 5) is 27.1. The zero-order valence-electron chi connectivity index (χ0n) is 22.2. The van der Waals surface area contributed by atoms with E-state index in [-0.39, 0.29) is 16.4 Å². The van der Waals surface area contributed by atoms with Gasteiger partial charge in [-0.1, -0.05) is 6.85 Å². The normalized spacial score (nSPS) is 33.1. The maximum atomic E-state index is 12.8. The standard InChI is InChI=1S/C16H20N6O/c1-11-5-7-22(14(23)8-17-2)9-13(11)21(3)16-12-4-6-18-15(12)19-10-20-16/h4,6,10-11,13H,5,7-9H2,1,3H3,(H,18,19,20)/t11-,13+/m1/s1/i1D3,7D2,8D2,9D2,10D. The molecule has 3 heterocycles. The summed E-state index contributed by atoms with van der Waals surface area (Å²) in [6, 6.07) is -0.213. The Morgan fingerprint density at radius 2 is 2.65 bits per heavy atom. The average Bonchev–Trinajstić information content (AvgIpc) is 3.12. The van der Waals surface area contributed by atoms with E-state index in [0.29, 0.717) is 5.39 Å². The molecule has 1 aliphatic rings. The molecule has 1 saturated heterocycles. The summed E-state index contributed by atoms with van der Waals surface area (Å²) in [7, 11) is 1.29. The summed E-state index contributed by atoms with van der Waals surface area (Å²) in [5.41, 5.74) is 0.228. The van der Waals surface area contributed by atoms with E-state index in [1.54, 1.807) is 0 Å². The van der Waals surface area contributed by atoms with Crippen LogP contribution < -0.4 is 4.90 Å². The van der Waals surface area contributed by atoms with Crippen molar-refractivity contribution in [1.82, 2.24) is 19.9 Å². The minimum absolute atomic E-state index is 0.0153. The van der Waals surface area contributed by atoms with Crippen molar-refractivity contribution in [3.8, 4) is 0 Å². The van der Waals surface area contributed by atoms with E-state index in [0.717, 1.165) is 4.90 Å². The van der Waals surface area contributed by atoms with Crippen LogP contribution in [0.5, 0.6) is 0 Å². The first kappa shape index (κ1) is 7.30. The van der Waals surface area contributed by atoms with Gasteiger partial charge in [0.25, 0.3) is 6.50 Å². The van der Waals surface area contributed by atoms with Crippen molar-refractivity contribution >= 4 is 22.8 Å². The Bertz CT molecular complexity index is 1120. The molecule has 0 saturated carbocycles. The number of anilines is 1. The highest BCUT2D eigenvalue weighted by molar-refractivity contribution is 5.87. The van der Waals surface area contributed by atoms with Gasteiger partial charge in [-0.2, -0.15) is 0 Å². The van der Waals surface area contributed by atoms with Crippen molar-refractivity contribution in [2.75, 3.05) is 31.4 Å². The maximum absolute atomic E-state index is 12.8. The summed E-state index contributed by atoms with van der Waals surface area (Å²) < 4.78 is 80.7. The van der Waals surface area contributed by atoms with E-state index in [1.165, 1.54) is 19.3 Å². The lowest BCUT2D eigenvalue weighted by molar-refractivity contribution is -0.130. The quantitative estimate of drug-likeness (QED) is 0.871. The number of nitrogens with one attached hydrogen (secondary N) is 1. The number of hydrogen-bond donors (Lipinski definition) is 1. The van der Waals surface area contributed by atoms with Crippen molar-refractivity contribution in [3.05, 3.63) is 30.0 Å². The van der Waals surface area contributed by atoms with Crippen LogP contribution in [-0.4, -0.2) is 58.3 Å². The molecule has 120 valence electrons. The van der Waals surface area contributed by atoms with Crippen LogP contribution in [0.4, 0.5) is 5.82 Å². The molecule has 3 rings (SSSR count). The Hall–Kier alpha value is -2.62. The Morgan fingerprint density at radius 3 is 3.43 bits per heavy atom. The number of aromatic nitrogens is 3. The number of hydrogen-bond acceptors (Lipinski definition) is 4. The molecule has 0 radical (unpaired) electrons. The largest absolute Gasteiger partial charge is 0.354 e. The minimum atomic E-state index is -3.27. The summed E-state index contributed by atoms with van der Waals surface area (Å²) in [6.45, 7) is -5.22. The number of nitrogens with zero attached hydrogens (tertiary/aromatic N) is 5. The van der Waals surface area contributed by atoms with E-state index in [2.05, 4.69) is 19.8 Å². The third kappa shape index (κ3) is 2.84. The van der Waals surface area contributed by atoms with Gasteiger partial charge >= 0.3 is 5.91 Å². The molecule has 1 fully saturated rings. The molecule has 7 heteroatoms.